The summed E-state index contributed by atoms with van der Waals surface area (Å²) in [4.78, 5) is 23.7. The summed E-state index contributed by atoms with van der Waals surface area (Å²) in [6.45, 7) is 0. The van der Waals surface area contributed by atoms with Crippen molar-refractivity contribution in [3.8, 4) is 17.2 Å². The van der Waals surface area contributed by atoms with Crippen molar-refractivity contribution in [1.82, 2.24) is 0 Å². The highest BCUT2D eigenvalue weighted by Gasteiger charge is 2.23. The van der Waals surface area contributed by atoms with E-state index >= 15 is 0 Å². The van der Waals surface area contributed by atoms with Crippen molar-refractivity contribution in [3.05, 3.63) is 83.9 Å². The Morgan fingerprint density at radius 1 is 0.886 bits per heavy atom. The zero-order valence-corrected chi connectivity index (χ0v) is 19.6. The fraction of sp³-hybridized carbons (Fsp3) is 0.286. The molecule has 2 unspecified atom stereocenters. The number of hydrogen-bond donors (Lipinski definition) is 2. The molecule has 3 aromatic rings. The van der Waals surface area contributed by atoms with Crippen LogP contribution in [0.15, 0.2) is 72.8 Å². The van der Waals surface area contributed by atoms with Gasteiger partial charge in [-0.1, -0.05) is 24.3 Å². The predicted octanol–water partition coefficient (Wildman–Crippen LogP) is 5.69. The average Bonchev–Trinajstić information content (AvgIpc) is 2.87. The predicted molar refractivity (Wildman–Crippen MR) is 132 cm³/mol. The molecule has 7 heteroatoms. The third kappa shape index (κ3) is 6.83. The topological polar surface area (TPSA) is 94.1 Å². The Hall–Kier alpha value is -3.84. The number of amides is 1. The minimum absolute atomic E-state index is 0.0546. The standard InChI is InChI=1S/C28H29NO6/c1-33-23-5-4-6-24(18-23)35-22-15-13-21(14-16-22)34-20-11-9-19(10-12-20)17-27(30)29-26-8-3-2-7-25(26)28(31)32/h2-3,7-16,23-24H,4-6,17-18H2,1H3,(H,29,30)(H,31,32). The highest BCUT2D eigenvalue weighted by molar-refractivity contribution is 6.00. The van der Waals surface area contributed by atoms with E-state index in [4.69, 9.17) is 14.2 Å². The summed E-state index contributed by atoms with van der Waals surface area (Å²) in [7, 11) is 1.75. The van der Waals surface area contributed by atoms with Gasteiger partial charge in [0, 0.05) is 13.5 Å². The molecular weight excluding hydrogens is 446 g/mol. The van der Waals surface area contributed by atoms with E-state index in [9.17, 15) is 14.7 Å². The minimum Gasteiger partial charge on any atom is -0.490 e. The second-order valence-corrected chi connectivity index (χ2v) is 8.56. The fourth-order valence-corrected chi connectivity index (χ4v) is 4.17. The van der Waals surface area contributed by atoms with Gasteiger partial charge in [0.2, 0.25) is 5.91 Å². The summed E-state index contributed by atoms with van der Waals surface area (Å²) >= 11 is 0. The maximum absolute atomic E-state index is 12.4. The Kier molecular flexibility index (Phi) is 8.00. The second kappa shape index (κ2) is 11.5. The number of para-hydroxylation sites is 1. The Bertz CT molecular complexity index is 1140. The van der Waals surface area contributed by atoms with E-state index in [-0.39, 0.29) is 35.8 Å². The van der Waals surface area contributed by atoms with Crippen molar-refractivity contribution < 1.29 is 28.9 Å². The van der Waals surface area contributed by atoms with Crippen molar-refractivity contribution in [2.24, 2.45) is 0 Å². The van der Waals surface area contributed by atoms with Crippen LogP contribution in [0.3, 0.4) is 0 Å². The van der Waals surface area contributed by atoms with Crippen molar-refractivity contribution >= 4 is 17.6 Å². The third-order valence-corrected chi connectivity index (χ3v) is 5.99. The van der Waals surface area contributed by atoms with Gasteiger partial charge in [-0.25, -0.2) is 4.79 Å². The molecule has 0 heterocycles. The Labute approximate surface area is 204 Å². The van der Waals surface area contributed by atoms with E-state index in [2.05, 4.69) is 5.32 Å². The lowest BCUT2D eigenvalue weighted by Gasteiger charge is -2.28. The smallest absolute Gasteiger partial charge is 0.337 e. The maximum Gasteiger partial charge on any atom is 0.337 e. The lowest BCUT2D eigenvalue weighted by atomic mass is 9.95. The van der Waals surface area contributed by atoms with Crippen LogP contribution in [0.5, 0.6) is 17.2 Å². The second-order valence-electron chi connectivity index (χ2n) is 8.56. The molecule has 35 heavy (non-hydrogen) atoms. The number of carboxylic acids is 1. The first-order valence-corrected chi connectivity index (χ1v) is 11.7. The molecule has 0 spiro atoms. The molecule has 182 valence electrons. The number of ether oxygens (including phenoxy) is 3. The Balaban J connectivity index is 1.29. The zero-order valence-electron chi connectivity index (χ0n) is 19.6. The van der Waals surface area contributed by atoms with E-state index in [1.54, 1.807) is 37.4 Å². The fourth-order valence-electron chi connectivity index (χ4n) is 4.17. The number of carbonyl (C=O) groups is 2. The summed E-state index contributed by atoms with van der Waals surface area (Å²) in [5.74, 6) is 0.763. The first kappa shape index (κ1) is 24.3. The Morgan fingerprint density at radius 3 is 2.20 bits per heavy atom. The molecule has 2 N–H and O–H groups in total. The van der Waals surface area contributed by atoms with Crippen LogP contribution in [0.4, 0.5) is 5.69 Å². The van der Waals surface area contributed by atoms with Crippen LogP contribution in [-0.4, -0.2) is 36.3 Å². The molecule has 1 aliphatic carbocycles. The van der Waals surface area contributed by atoms with Gasteiger partial charge in [0.15, 0.2) is 0 Å². The summed E-state index contributed by atoms with van der Waals surface area (Å²) in [6, 6.07) is 21.1. The van der Waals surface area contributed by atoms with E-state index in [1.807, 2.05) is 36.4 Å². The van der Waals surface area contributed by atoms with Gasteiger partial charge < -0.3 is 24.6 Å². The Morgan fingerprint density at radius 2 is 1.51 bits per heavy atom. The minimum atomic E-state index is -1.09. The van der Waals surface area contributed by atoms with E-state index in [0.717, 1.165) is 37.0 Å². The average molecular weight is 476 g/mol. The third-order valence-electron chi connectivity index (χ3n) is 5.99. The molecule has 4 rings (SSSR count). The number of rotatable bonds is 9. The monoisotopic (exact) mass is 475 g/mol. The summed E-state index contributed by atoms with van der Waals surface area (Å²) in [6.07, 6.45) is 4.70. The SMILES string of the molecule is COC1CCCC(Oc2ccc(Oc3ccc(CC(=O)Nc4ccccc4C(=O)O)cc3)cc2)C1. The molecule has 1 fully saturated rings. The van der Waals surface area contributed by atoms with Gasteiger partial charge in [0.1, 0.15) is 23.4 Å². The summed E-state index contributed by atoms with van der Waals surface area (Å²) in [5, 5.41) is 11.9. The lowest BCUT2D eigenvalue weighted by Crippen LogP contribution is -2.29. The number of aromatic carboxylic acids is 1. The van der Waals surface area contributed by atoms with E-state index in [1.165, 1.54) is 6.07 Å². The van der Waals surface area contributed by atoms with Gasteiger partial charge in [-0.3, -0.25) is 4.79 Å². The molecule has 0 aliphatic heterocycles. The van der Waals surface area contributed by atoms with Crippen LogP contribution in [0.2, 0.25) is 0 Å². The van der Waals surface area contributed by atoms with Gasteiger partial charge in [0.05, 0.1) is 23.8 Å². The number of methoxy groups -OCH3 is 1. The molecule has 0 aromatic heterocycles. The molecular formula is C28H29NO6. The van der Waals surface area contributed by atoms with Crippen molar-refractivity contribution in [3.63, 3.8) is 0 Å². The largest absolute Gasteiger partial charge is 0.490 e. The summed E-state index contributed by atoms with van der Waals surface area (Å²) in [5.41, 5.74) is 1.12. The number of anilines is 1. The first-order valence-electron chi connectivity index (χ1n) is 11.7. The molecule has 7 nitrogen and oxygen atoms in total. The number of nitrogens with one attached hydrogen (secondary N) is 1. The molecule has 2 atom stereocenters. The maximum atomic E-state index is 12.4. The van der Waals surface area contributed by atoms with E-state index < -0.39 is 5.97 Å². The number of carboxylic acid groups (broad SMARTS) is 1. The van der Waals surface area contributed by atoms with Crippen LogP contribution in [0, 0.1) is 0 Å². The molecule has 0 radical (unpaired) electrons. The van der Waals surface area contributed by atoms with Crippen LogP contribution >= 0.6 is 0 Å². The first-order chi connectivity index (χ1) is 17.0. The quantitative estimate of drug-likeness (QED) is 0.413. The van der Waals surface area contributed by atoms with Gasteiger partial charge in [-0.05, 0) is 73.4 Å². The summed E-state index contributed by atoms with van der Waals surface area (Å²) < 4.78 is 17.5. The van der Waals surface area contributed by atoms with Gasteiger partial charge in [0.25, 0.3) is 0 Å². The molecule has 1 amide bonds. The van der Waals surface area contributed by atoms with E-state index in [0.29, 0.717) is 11.5 Å². The lowest BCUT2D eigenvalue weighted by molar-refractivity contribution is -0.115. The molecule has 1 aliphatic rings. The van der Waals surface area contributed by atoms with Crippen molar-refractivity contribution in [2.45, 2.75) is 44.3 Å². The van der Waals surface area contributed by atoms with Gasteiger partial charge >= 0.3 is 5.97 Å². The van der Waals surface area contributed by atoms with Crippen LogP contribution in [0.25, 0.3) is 0 Å². The van der Waals surface area contributed by atoms with Crippen molar-refractivity contribution in [1.29, 1.82) is 0 Å². The van der Waals surface area contributed by atoms with Crippen LogP contribution in [0.1, 0.15) is 41.6 Å². The normalized spacial score (nSPS) is 17.4. The molecule has 1 saturated carbocycles. The number of benzene rings is 3. The number of hydrogen-bond acceptors (Lipinski definition) is 5. The molecule has 0 saturated heterocycles. The highest BCUT2D eigenvalue weighted by Crippen LogP contribution is 2.28. The van der Waals surface area contributed by atoms with Crippen LogP contribution in [-0.2, 0) is 16.0 Å². The molecule has 0 bridgehead atoms. The molecule has 3 aromatic carbocycles. The highest BCUT2D eigenvalue weighted by atomic mass is 16.5. The van der Waals surface area contributed by atoms with Gasteiger partial charge in [-0.15, -0.1) is 0 Å². The van der Waals surface area contributed by atoms with Gasteiger partial charge in [-0.2, -0.15) is 0 Å². The zero-order chi connectivity index (χ0) is 24.6. The van der Waals surface area contributed by atoms with Crippen LogP contribution < -0.4 is 14.8 Å². The number of carbonyl (C=O) groups excluding carboxylic acids is 1. The van der Waals surface area contributed by atoms with Crippen molar-refractivity contribution in [2.75, 3.05) is 12.4 Å².